The first-order valence-electron chi connectivity index (χ1n) is 10.5. The van der Waals surface area contributed by atoms with Crippen LogP contribution in [0.25, 0.3) is 0 Å². The fourth-order valence-electron chi connectivity index (χ4n) is 3.38. The van der Waals surface area contributed by atoms with Crippen LogP contribution in [0.3, 0.4) is 0 Å². The van der Waals surface area contributed by atoms with E-state index in [-0.39, 0.29) is 24.7 Å². The molecule has 0 bridgehead atoms. The van der Waals surface area contributed by atoms with Crippen LogP contribution in [0, 0.1) is 5.92 Å². The second kappa shape index (κ2) is 11.4. The summed E-state index contributed by atoms with van der Waals surface area (Å²) in [6, 6.07) is -0.919. The summed E-state index contributed by atoms with van der Waals surface area (Å²) in [4.78, 5) is 48.2. The molecule has 0 unspecified atom stereocenters. The number of Topliss-reactive ketones (excluding diaryl/α,β-unsaturated/α-hetero) is 1. The quantitative estimate of drug-likeness (QED) is 0.654. The summed E-state index contributed by atoms with van der Waals surface area (Å²) in [6.45, 7) is 4.47. The third-order valence-electron chi connectivity index (χ3n) is 4.91. The molecular weight excluding hydrogens is 412 g/mol. The van der Waals surface area contributed by atoms with E-state index in [1.165, 1.54) is 4.90 Å². The van der Waals surface area contributed by atoms with Gasteiger partial charge >= 0.3 is 6.09 Å². The molecule has 0 radical (unpaired) electrons. The molecule has 2 fully saturated rings. The van der Waals surface area contributed by atoms with E-state index in [0.717, 1.165) is 11.3 Å². The molecule has 1 heterocycles. The molecule has 1 atom stereocenters. The Hall–Kier alpha value is -2.26. The van der Waals surface area contributed by atoms with Gasteiger partial charge in [0.25, 0.3) is 5.92 Å². The number of alkyl halides is 2. The summed E-state index contributed by atoms with van der Waals surface area (Å²) in [7, 11) is 3.38. The Morgan fingerprint density at radius 1 is 1.29 bits per heavy atom. The lowest BCUT2D eigenvalue weighted by Gasteiger charge is -2.29. The van der Waals surface area contributed by atoms with Crippen molar-refractivity contribution < 1.29 is 32.7 Å². The minimum absolute atomic E-state index is 0.0263. The lowest BCUT2D eigenvalue weighted by Crippen LogP contribution is -2.50. The number of carbonyl (C=O) groups is 4. The number of rotatable bonds is 5. The molecule has 178 valence electrons. The molecule has 1 aliphatic heterocycles. The van der Waals surface area contributed by atoms with Gasteiger partial charge in [0.1, 0.15) is 17.4 Å². The number of ether oxygens (including phenoxy) is 1. The lowest BCUT2D eigenvalue weighted by molar-refractivity contribution is -0.134. The third kappa shape index (κ3) is 10.5. The van der Waals surface area contributed by atoms with E-state index in [2.05, 4.69) is 5.32 Å². The van der Waals surface area contributed by atoms with E-state index in [1.807, 2.05) is 0 Å². The van der Waals surface area contributed by atoms with Gasteiger partial charge in [0, 0.05) is 39.9 Å². The van der Waals surface area contributed by atoms with Crippen LogP contribution in [0.5, 0.6) is 0 Å². The first-order valence-corrected chi connectivity index (χ1v) is 10.5. The molecular formula is C21H35F2N3O5. The average Bonchev–Trinajstić information content (AvgIpc) is 3.01. The second-order valence-electron chi connectivity index (χ2n) is 9.35. The van der Waals surface area contributed by atoms with Gasteiger partial charge < -0.3 is 19.9 Å². The molecule has 0 aromatic heterocycles. The fourth-order valence-corrected chi connectivity index (χ4v) is 3.38. The van der Waals surface area contributed by atoms with Crippen molar-refractivity contribution in [1.29, 1.82) is 0 Å². The van der Waals surface area contributed by atoms with Crippen molar-refractivity contribution in [2.45, 2.75) is 76.9 Å². The van der Waals surface area contributed by atoms with Crippen molar-refractivity contribution >= 4 is 24.2 Å². The van der Waals surface area contributed by atoms with E-state index < -0.39 is 36.1 Å². The Kier molecular flexibility index (Phi) is 9.83. The highest BCUT2D eigenvalue weighted by atomic mass is 19.3. The van der Waals surface area contributed by atoms with Gasteiger partial charge in [-0.1, -0.05) is 0 Å². The summed E-state index contributed by atoms with van der Waals surface area (Å²) >= 11 is 0. The standard InChI is InChI=1S/C18H28F2N2O4.C3H7NO/c1-17(2,3)26-16(25)21-14(10-12-4-6-13(23)7-5-12)15(24)22-9-8-18(19,20)11-22;1-4(2)3-5/h12,14H,4-11H2,1-3H3,(H,21,25);3H,1-2H3/t14-;/m0./s1. The molecule has 0 spiro atoms. The highest BCUT2D eigenvalue weighted by Gasteiger charge is 2.42. The summed E-state index contributed by atoms with van der Waals surface area (Å²) < 4.78 is 32.1. The molecule has 31 heavy (non-hydrogen) atoms. The monoisotopic (exact) mass is 447 g/mol. The van der Waals surface area contributed by atoms with Crippen molar-refractivity contribution in [3.63, 3.8) is 0 Å². The number of hydrogen-bond acceptors (Lipinski definition) is 5. The Labute approximate surface area is 182 Å². The smallest absolute Gasteiger partial charge is 0.408 e. The number of likely N-dealkylation sites (tertiary alicyclic amines) is 1. The molecule has 8 nitrogen and oxygen atoms in total. The maximum Gasteiger partial charge on any atom is 0.408 e. The Morgan fingerprint density at radius 3 is 2.26 bits per heavy atom. The van der Waals surface area contributed by atoms with E-state index in [1.54, 1.807) is 34.9 Å². The molecule has 1 saturated heterocycles. The molecule has 10 heteroatoms. The molecule has 2 aliphatic rings. The fraction of sp³-hybridized carbons (Fsp3) is 0.810. The third-order valence-corrected chi connectivity index (χ3v) is 4.91. The summed E-state index contributed by atoms with van der Waals surface area (Å²) in [5.41, 5.74) is -0.727. The zero-order valence-electron chi connectivity index (χ0n) is 19.1. The van der Waals surface area contributed by atoms with Crippen LogP contribution >= 0.6 is 0 Å². The number of carbonyl (C=O) groups excluding carboxylic acids is 4. The van der Waals surface area contributed by atoms with Gasteiger partial charge in [-0.3, -0.25) is 14.4 Å². The summed E-state index contributed by atoms with van der Waals surface area (Å²) in [6.07, 6.45) is 2.18. The lowest BCUT2D eigenvalue weighted by atomic mass is 9.84. The van der Waals surface area contributed by atoms with Crippen LogP contribution in [0.15, 0.2) is 0 Å². The van der Waals surface area contributed by atoms with Crippen molar-refractivity contribution in [2.75, 3.05) is 27.2 Å². The number of nitrogens with zero attached hydrogens (tertiary/aromatic N) is 2. The van der Waals surface area contributed by atoms with Crippen molar-refractivity contribution in [3.8, 4) is 0 Å². The minimum Gasteiger partial charge on any atom is -0.444 e. The first-order chi connectivity index (χ1) is 14.2. The Morgan fingerprint density at radius 2 is 1.84 bits per heavy atom. The normalized spacial score (nSPS) is 19.7. The van der Waals surface area contributed by atoms with Gasteiger partial charge in [-0.2, -0.15) is 0 Å². The maximum absolute atomic E-state index is 13.5. The number of alkyl carbamates (subject to hydrolysis) is 1. The van der Waals surface area contributed by atoms with Crippen LogP contribution in [0.4, 0.5) is 13.6 Å². The van der Waals surface area contributed by atoms with Crippen LogP contribution in [-0.2, 0) is 19.1 Å². The van der Waals surface area contributed by atoms with Gasteiger partial charge in [0.05, 0.1) is 6.54 Å². The molecule has 0 aromatic rings. The van der Waals surface area contributed by atoms with Gasteiger partial charge in [-0.05, 0) is 46.0 Å². The van der Waals surface area contributed by atoms with Crippen LogP contribution in [0.1, 0.15) is 59.3 Å². The maximum atomic E-state index is 13.5. The van der Waals surface area contributed by atoms with Crippen molar-refractivity contribution in [2.24, 2.45) is 5.92 Å². The van der Waals surface area contributed by atoms with E-state index in [4.69, 9.17) is 4.74 Å². The average molecular weight is 448 g/mol. The highest BCUT2D eigenvalue weighted by Crippen LogP contribution is 2.30. The van der Waals surface area contributed by atoms with E-state index in [9.17, 15) is 28.0 Å². The van der Waals surface area contributed by atoms with Gasteiger partial charge in [-0.25, -0.2) is 13.6 Å². The van der Waals surface area contributed by atoms with E-state index in [0.29, 0.717) is 32.1 Å². The van der Waals surface area contributed by atoms with E-state index >= 15 is 0 Å². The largest absolute Gasteiger partial charge is 0.444 e. The minimum atomic E-state index is -2.89. The molecule has 1 aliphatic carbocycles. The summed E-state index contributed by atoms with van der Waals surface area (Å²) in [5.74, 6) is -3.10. The summed E-state index contributed by atoms with van der Waals surface area (Å²) in [5, 5.41) is 2.55. The zero-order chi connectivity index (χ0) is 23.8. The topological polar surface area (TPSA) is 96.0 Å². The molecule has 1 N–H and O–H groups in total. The highest BCUT2D eigenvalue weighted by molar-refractivity contribution is 5.86. The number of halogens is 2. The number of ketones is 1. The van der Waals surface area contributed by atoms with Gasteiger partial charge in [0.15, 0.2) is 0 Å². The Bertz CT molecular complexity index is 639. The molecule has 1 saturated carbocycles. The predicted molar refractivity (Wildman–Crippen MR) is 111 cm³/mol. The number of nitrogens with one attached hydrogen (secondary N) is 1. The first kappa shape index (κ1) is 26.8. The molecule has 3 amide bonds. The van der Waals surface area contributed by atoms with Crippen molar-refractivity contribution in [1.82, 2.24) is 15.1 Å². The van der Waals surface area contributed by atoms with Gasteiger partial charge in [0.2, 0.25) is 12.3 Å². The molecule has 2 rings (SSSR count). The second-order valence-corrected chi connectivity index (χ2v) is 9.35. The SMILES string of the molecule is CC(C)(C)OC(=O)N[C@@H](CC1CCC(=O)CC1)C(=O)N1CCC(F)(F)C1.CN(C)C=O. The van der Waals surface area contributed by atoms with Crippen molar-refractivity contribution in [3.05, 3.63) is 0 Å². The zero-order valence-corrected chi connectivity index (χ0v) is 19.1. The number of amides is 3. The van der Waals surface area contributed by atoms with Gasteiger partial charge in [-0.15, -0.1) is 0 Å². The van der Waals surface area contributed by atoms with Crippen LogP contribution < -0.4 is 5.32 Å². The predicted octanol–water partition coefficient (Wildman–Crippen LogP) is 2.60. The van der Waals surface area contributed by atoms with Crippen LogP contribution in [-0.4, -0.2) is 78.7 Å². The number of hydrogen-bond donors (Lipinski definition) is 1. The van der Waals surface area contributed by atoms with Crippen LogP contribution in [0.2, 0.25) is 0 Å². The Balaban J connectivity index is 0.000000861. The molecule has 0 aromatic carbocycles.